The van der Waals surface area contributed by atoms with E-state index in [-0.39, 0.29) is 6.15 Å². The Kier molecular flexibility index (Phi) is 6.63. The van der Waals surface area contributed by atoms with Gasteiger partial charge in [-0.05, 0) is 78.2 Å². The van der Waals surface area contributed by atoms with Crippen molar-refractivity contribution < 1.29 is 0 Å². The summed E-state index contributed by atoms with van der Waals surface area (Å²) in [6.07, 6.45) is 5.93. The van der Waals surface area contributed by atoms with E-state index < -0.39 is 0 Å². The van der Waals surface area contributed by atoms with Crippen molar-refractivity contribution in [3.8, 4) is 0 Å². The van der Waals surface area contributed by atoms with Crippen molar-refractivity contribution in [2.45, 2.75) is 45.1 Å². The first-order chi connectivity index (χ1) is 10.8. The normalized spacial score (nSPS) is 16.9. The summed E-state index contributed by atoms with van der Waals surface area (Å²) in [5.41, 5.74) is 11.5. The molecule has 1 aliphatic carbocycles. The van der Waals surface area contributed by atoms with E-state index in [4.69, 9.17) is 5.73 Å². The van der Waals surface area contributed by atoms with E-state index in [1.54, 1.807) is 11.3 Å². The zero-order chi connectivity index (χ0) is 15.4. The maximum atomic E-state index is 6.21. The molecule has 1 aromatic heterocycles. The number of aryl methyl sites for hydroxylation is 1. The molecule has 0 aliphatic heterocycles. The monoisotopic (exact) mass is 331 g/mol. The number of rotatable bonds is 6. The smallest absolute Gasteiger partial charge is 0.0349 e. The van der Waals surface area contributed by atoms with Crippen LogP contribution in [-0.2, 0) is 19.3 Å². The highest BCUT2D eigenvalue weighted by Gasteiger charge is 2.24. The molecule has 126 valence electrons. The summed E-state index contributed by atoms with van der Waals surface area (Å²) in [7, 11) is 0. The second-order valence-corrected chi connectivity index (χ2v) is 7.08. The molecule has 5 N–H and O–H groups in total. The van der Waals surface area contributed by atoms with Crippen LogP contribution < -0.4 is 11.9 Å². The predicted molar refractivity (Wildman–Crippen MR) is 102 cm³/mol. The molecule has 1 aromatic carbocycles. The average Bonchev–Trinajstić information content (AvgIpc) is 3.05. The van der Waals surface area contributed by atoms with E-state index in [1.807, 2.05) is 0 Å². The highest BCUT2D eigenvalue weighted by molar-refractivity contribution is 7.07. The Labute approximate surface area is 144 Å². The lowest BCUT2D eigenvalue weighted by Gasteiger charge is -2.35. The van der Waals surface area contributed by atoms with Gasteiger partial charge in [-0.1, -0.05) is 19.1 Å². The minimum Gasteiger partial charge on any atom is -0.398 e. The topological polar surface area (TPSA) is 64.3 Å². The molecular weight excluding hydrogens is 302 g/mol. The fraction of sp³-hybridized carbons (Fsp3) is 0.474. The highest BCUT2D eigenvalue weighted by atomic mass is 32.1. The zero-order valence-corrected chi connectivity index (χ0v) is 14.9. The number of benzene rings is 1. The van der Waals surface area contributed by atoms with Crippen molar-refractivity contribution in [3.63, 3.8) is 0 Å². The molecule has 0 fully saturated rings. The Morgan fingerprint density at radius 2 is 2.13 bits per heavy atom. The molecule has 0 saturated carbocycles. The van der Waals surface area contributed by atoms with Gasteiger partial charge in [-0.3, -0.25) is 4.90 Å². The Morgan fingerprint density at radius 1 is 1.26 bits per heavy atom. The van der Waals surface area contributed by atoms with Gasteiger partial charge in [0.2, 0.25) is 0 Å². The number of thiophene rings is 1. The maximum absolute atomic E-state index is 6.21. The first-order valence-electron chi connectivity index (χ1n) is 8.39. The van der Waals surface area contributed by atoms with Crippen molar-refractivity contribution in [2.75, 3.05) is 18.8 Å². The number of nitrogen functional groups attached to an aromatic ring is 1. The maximum Gasteiger partial charge on any atom is 0.0349 e. The van der Waals surface area contributed by atoms with E-state index in [1.165, 1.54) is 42.5 Å². The minimum atomic E-state index is 0. The van der Waals surface area contributed by atoms with Crippen LogP contribution in [0.15, 0.2) is 35.0 Å². The van der Waals surface area contributed by atoms with Crippen LogP contribution >= 0.6 is 11.3 Å². The van der Waals surface area contributed by atoms with E-state index in [2.05, 4.69) is 46.8 Å². The van der Waals surface area contributed by atoms with Crippen molar-refractivity contribution in [3.05, 3.63) is 51.7 Å². The SMILES string of the molecule is CCCN(CCc1ccsc1)C1CCc2cccc(N)c2C1.N. The fourth-order valence-electron chi connectivity index (χ4n) is 3.58. The number of fused-ring (bicyclic) bond motifs is 1. The van der Waals surface area contributed by atoms with E-state index in [9.17, 15) is 0 Å². The van der Waals surface area contributed by atoms with Gasteiger partial charge in [-0.25, -0.2) is 0 Å². The van der Waals surface area contributed by atoms with Crippen LogP contribution in [0.25, 0.3) is 0 Å². The molecule has 0 bridgehead atoms. The molecule has 0 amide bonds. The van der Waals surface area contributed by atoms with Crippen molar-refractivity contribution in [1.82, 2.24) is 11.1 Å². The van der Waals surface area contributed by atoms with Crippen LogP contribution in [0, 0.1) is 0 Å². The fourth-order valence-corrected chi connectivity index (χ4v) is 4.28. The van der Waals surface area contributed by atoms with Gasteiger partial charge in [0.05, 0.1) is 0 Å². The van der Waals surface area contributed by atoms with Gasteiger partial charge in [0.1, 0.15) is 0 Å². The molecule has 1 aliphatic rings. The van der Waals surface area contributed by atoms with E-state index in [0.717, 1.165) is 25.1 Å². The van der Waals surface area contributed by atoms with Crippen molar-refractivity contribution in [2.24, 2.45) is 0 Å². The summed E-state index contributed by atoms with van der Waals surface area (Å²) in [6, 6.07) is 9.29. The molecule has 4 heteroatoms. The summed E-state index contributed by atoms with van der Waals surface area (Å²) in [4.78, 5) is 2.69. The third-order valence-electron chi connectivity index (χ3n) is 4.79. The highest BCUT2D eigenvalue weighted by Crippen LogP contribution is 2.29. The molecule has 23 heavy (non-hydrogen) atoms. The molecule has 1 heterocycles. The molecule has 1 atom stereocenters. The molecule has 3 nitrogen and oxygen atoms in total. The minimum absolute atomic E-state index is 0. The Balaban J connectivity index is 0.00000192. The summed E-state index contributed by atoms with van der Waals surface area (Å²) < 4.78 is 0. The molecule has 3 rings (SSSR count). The molecule has 1 unspecified atom stereocenters. The van der Waals surface area contributed by atoms with Crippen LogP contribution in [0.1, 0.15) is 36.5 Å². The van der Waals surface area contributed by atoms with Gasteiger partial charge in [-0.15, -0.1) is 0 Å². The van der Waals surface area contributed by atoms with Crippen LogP contribution in [0.2, 0.25) is 0 Å². The van der Waals surface area contributed by atoms with Crippen LogP contribution in [0.4, 0.5) is 5.69 Å². The number of nitrogens with zero attached hydrogens (tertiary/aromatic N) is 1. The first-order valence-corrected chi connectivity index (χ1v) is 9.33. The van der Waals surface area contributed by atoms with Gasteiger partial charge < -0.3 is 11.9 Å². The van der Waals surface area contributed by atoms with Gasteiger partial charge in [0.25, 0.3) is 0 Å². The Morgan fingerprint density at radius 3 is 2.87 bits per heavy atom. The lowest BCUT2D eigenvalue weighted by Crippen LogP contribution is -2.41. The number of hydrogen-bond donors (Lipinski definition) is 2. The molecule has 0 spiro atoms. The van der Waals surface area contributed by atoms with Crippen molar-refractivity contribution >= 4 is 17.0 Å². The van der Waals surface area contributed by atoms with Gasteiger partial charge >= 0.3 is 0 Å². The van der Waals surface area contributed by atoms with Crippen LogP contribution in [0.3, 0.4) is 0 Å². The first kappa shape index (κ1) is 18.0. The lowest BCUT2D eigenvalue weighted by molar-refractivity contribution is 0.182. The number of hydrogen-bond acceptors (Lipinski definition) is 4. The standard InChI is InChI=1S/C19H26N2S.H3N/c1-2-10-21(11-8-15-9-12-22-14-15)17-7-6-16-4-3-5-19(20)18(16)13-17;/h3-5,9,12,14,17H,2,6-8,10-11,13,20H2,1H3;1H3. The third-order valence-corrected chi connectivity index (χ3v) is 5.52. The number of nitrogens with two attached hydrogens (primary N) is 1. The molecule has 0 radical (unpaired) electrons. The summed E-state index contributed by atoms with van der Waals surface area (Å²) >= 11 is 1.80. The van der Waals surface area contributed by atoms with Gasteiger partial charge in [0, 0.05) is 18.3 Å². The summed E-state index contributed by atoms with van der Waals surface area (Å²) in [5.74, 6) is 0. The van der Waals surface area contributed by atoms with Gasteiger partial charge in [-0.2, -0.15) is 11.3 Å². The zero-order valence-electron chi connectivity index (χ0n) is 14.1. The van der Waals surface area contributed by atoms with Crippen LogP contribution in [-0.4, -0.2) is 24.0 Å². The average molecular weight is 332 g/mol. The van der Waals surface area contributed by atoms with Crippen molar-refractivity contribution in [1.29, 1.82) is 0 Å². The number of anilines is 1. The molecule has 0 saturated heterocycles. The Hall–Kier alpha value is -1.36. The lowest BCUT2D eigenvalue weighted by atomic mass is 9.86. The largest absolute Gasteiger partial charge is 0.398 e. The van der Waals surface area contributed by atoms with E-state index >= 15 is 0 Å². The molecule has 2 aromatic rings. The van der Waals surface area contributed by atoms with Crippen LogP contribution in [0.5, 0.6) is 0 Å². The second-order valence-electron chi connectivity index (χ2n) is 6.30. The summed E-state index contributed by atoms with van der Waals surface area (Å²) in [6.45, 7) is 4.64. The Bertz CT molecular complexity index is 595. The quantitative estimate of drug-likeness (QED) is 0.775. The predicted octanol–water partition coefficient (Wildman–Crippen LogP) is 4.30. The summed E-state index contributed by atoms with van der Waals surface area (Å²) in [5, 5.41) is 4.45. The van der Waals surface area contributed by atoms with E-state index in [0.29, 0.717) is 6.04 Å². The third kappa shape index (κ3) is 4.34. The van der Waals surface area contributed by atoms with Gasteiger partial charge in [0.15, 0.2) is 0 Å². The second kappa shape index (κ2) is 8.48. The molecular formula is C19H29N3S.